The van der Waals surface area contributed by atoms with Crippen LogP contribution in [0.25, 0.3) is 16.6 Å². The van der Waals surface area contributed by atoms with E-state index in [0.717, 1.165) is 22.4 Å². The number of hydrogen-bond donors (Lipinski definition) is 0. The van der Waals surface area contributed by atoms with Crippen LogP contribution in [0.15, 0.2) is 48.8 Å². The first-order valence-electron chi connectivity index (χ1n) is 8.52. The van der Waals surface area contributed by atoms with Crippen LogP contribution >= 0.6 is 0 Å². The van der Waals surface area contributed by atoms with Crippen molar-refractivity contribution in [1.82, 2.24) is 19.1 Å². The van der Waals surface area contributed by atoms with Gasteiger partial charge in [0.2, 0.25) is 10.0 Å². The lowest BCUT2D eigenvalue weighted by molar-refractivity contribution is 0.508. The SMILES string of the molecule is CN(C)S(=O)(=O)C1CCN(c2cc3nn(-c4ccccc4)cc3cn2)C1. The largest absolute Gasteiger partial charge is 0.355 e. The van der Waals surface area contributed by atoms with E-state index in [0.29, 0.717) is 19.5 Å². The van der Waals surface area contributed by atoms with Crippen LogP contribution in [0.1, 0.15) is 6.42 Å². The molecular formula is C18H21N5O2S. The molecule has 0 radical (unpaired) electrons. The molecule has 0 N–H and O–H groups in total. The summed E-state index contributed by atoms with van der Waals surface area (Å²) in [5.74, 6) is 0.771. The summed E-state index contributed by atoms with van der Waals surface area (Å²) in [5.41, 5.74) is 1.83. The zero-order valence-corrected chi connectivity index (χ0v) is 15.6. The standard InChI is InChI=1S/C18H21N5O2S/c1-21(2)26(24,25)16-8-9-22(13-16)18-10-17-14(11-19-18)12-23(20-17)15-6-4-3-5-7-15/h3-7,10-12,16H,8-9,13H2,1-2H3. The van der Waals surface area contributed by atoms with Crippen LogP contribution in [0.2, 0.25) is 0 Å². The van der Waals surface area contributed by atoms with Crippen LogP contribution < -0.4 is 4.90 Å². The summed E-state index contributed by atoms with van der Waals surface area (Å²) in [4.78, 5) is 6.54. The number of para-hydroxylation sites is 1. The van der Waals surface area contributed by atoms with Crippen molar-refractivity contribution in [3.63, 3.8) is 0 Å². The Labute approximate surface area is 152 Å². The van der Waals surface area contributed by atoms with Gasteiger partial charge in [0, 0.05) is 51.0 Å². The molecule has 1 unspecified atom stereocenters. The molecule has 7 nitrogen and oxygen atoms in total. The van der Waals surface area contributed by atoms with Crippen LogP contribution in [0.4, 0.5) is 5.82 Å². The summed E-state index contributed by atoms with van der Waals surface area (Å²) in [7, 11) is -0.0841. The van der Waals surface area contributed by atoms with E-state index in [2.05, 4.69) is 10.1 Å². The van der Waals surface area contributed by atoms with Gasteiger partial charge < -0.3 is 4.90 Å². The molecule has 1 saturated heterocycles. The highest BCUT2D eigenvalue weighted by Crippen LogP contribution is 2.26. The summed E-state index contributed by atoms with van der Waals surface area (Å²) in [6, 6.07) is 11.8. The number of rotatable bonds is 4. The summed E-state index contributed by atoms with van der Waals surface area (Å²) < 4.78 is 27.8. The van der Waals surface area contributed by atoms with Gasteiger partial charge in [-0.3, -0.25) is 0 Å². The Kier molecular flexibility index (Phi) is 4.16. The molecule has 8 heteroatoms. The number of pyridine rings is 1. The Morgan fingerprint density at radius 3 is 2.69 bits per heavy atom. The second-order valence-electron chi connectivity index (χ2n) is 6.69. The topological polar surface area (TPSA) is 71.3 Å². The first kappa shape index (κ1) is 17.0. The van der Waals surface area contributed by atoms with E-state index in [-0.39, 0.29) is 0 Å². The third-order valence-electron chi connectivity index (χ3n) is 4.79. The van der Waals surface area contributed by atoms with Crippen molar-refractivity contribution >= 4 is 26.7 Å². The molecule has 1 atom stereocenters. The minimum atomic E-state index is -3.25. The number of anilines is 1. The Morgan fingerprint density at radius 2 is 1.96 bits per heavy atom. The molecule has 0 bridgehead atoms. The number of fused-ring (bicyclic) bond motifs is 1. The van der Waals surface area contributed by atoms with Crippen molar-refractivity contribution in [1.29, 1.82) is 0 Å². The van der Waals surface area contributed by atoms with E-state index in [1.807, 2.05) is 52.2 Å². The van der Waals surface area contributed by atoms with Gasteiger partial charge in [0.1, 0.15) is 5.82 Å². The van der Waals surface area contributed by atoms with Gasteiger partial charge in [-0.1, -0.05) is 18.2 Å². The van der Waals surface area contributed by atoms with Crippen molar-refractivity contribution in [3.8, 4) is 5.69 Å². The highest BCUT2D eigenvalue weighted by Gasteiger charge is 2.35. The van der Waals surface area contributed by atoms with E-state index in [9.17, 15) is 8.42 Å². The maximum Gasteiger partial charge on any atom is 0.218 e. The molecule has 1 aromatic carbocycles. The van der Waals surface area contributed by atoms with Crippen LogP contribution in [-0.4, -0.2) is 59.9 Å². The van der Waals surface area contributed by atoms with Crippen LogP contribution in [0.5, 0.6) is 0 Å². The highest BCUT2D eigenvalue weighted by atomic mass is 32.2. The monoisotopic (exact) mass is 371 g/mol. The van der Waals surface area contributed by atoms with Gasteiger partial charge in [-0.2, -0.15) is 5.10 Å². The predicted molar refractivity (Wildman–Crippen MR) is 102 cm³/mol. The zero-order chi connectivity index (χ0) is 18.3. The van der Waals surface area contributed by atoms with Crippen LogP contribution in [0, 0.1) is 0 Å². The maximum atomic E-state index is 12.3. The van der Waals surface area contributed by atoms with Crippen LogP contribution in [0.3, 0.4) is 0 Å². The van der Waals surface area contributed by atoms with Crippen molar-refractivity contribution in [2.45, 2.75) is 11.7 Å². The summed E-state index contributed by atoms with van der Waals surface area (Å²) >= 11 is 0. The van der Waals surface area contributed by atoms with E-state index >= 15 is 0 Å². The molecule has 0 saturated carbocycles. The predicted octanol–water partition coefficient (Wildman–Crippen LogP) is 1.89. The molecule has 3 heterocycles. The molecule has 1 fully saturated rings. The molecule has 1 aliphatic heterocycles. The average Bonchev–Trinajstić information content (AvgIpc) is 3.29. The van der Waals surface area contributed by atoms with Gasteiger partial charge in [-0.15, -0.1) is 0 Å². The van der Waals surface area contributed by atoms with Crippen molar-refractivity contribution in [2.24, 2.45) is 0 Å². The number of nitrogens with zero attached hydrogens (tertiary/aromatic N) is 5. The fourth-order valence-corrected chi connectivity index (χ4v) is 4.64. The lowest BCUT2D eigenvalue weighted by Crippen LogP contribution is -2.35. The molecule has 0 spiro atoms. The summed E-state index contributed by atoms with van der Waals surface area (Å²) in [6.45, 7) is 1.13. The van der Waals surface area contributed by atoms with E-state index in [1.165, 1.54) is 4.31 Å². The van der Waals surface area contributed by atoms with Crippen molar-refractivity contribution < 1.29 is 8.42 Å². The molecule has 4 rings (SSSR count). The molecule has 3 aromatic rings. The van der Waals surface area contributed by atoms with Gasteiger partial charge >= 0.3 is 0 Å². The second kappa shape index (κ2) is 6.37. The first-order valence-corrected chi connectivity index (χ1v) is 10.0. The molecule has 0 aliphatic carbocycles. The lowest BCUT2D eigenvalue weighted by atomic mass is 10.3. The Bertz CT molecular complexity index is 1030. The van der Waals surface area contributed by atoms with E-state index < -0.39 is 15.3 Å². The highest BCUT2D eigenvalue weighted by molar-refractivity contribution is 7.89. The molecule has 1 aliphatic rings. The minimum Gasteiger partial charge on any atom is -0.355 e. The van der Waals surface area contributed by atoms with E-state index in [1.54, 1.807) is 20.3 Å². The van der Waals surface area contributed by atoms with Gasteiger partial charge in [-0.05, 0) is 18.6 Å². The summed E-state index contributed by atoms with van der Waals surface area (Å²) in [5, 5.41) is 5.20. The Hall–Kier alpha value is -2.45. The zero-order valence-electron chi connectivity index (χ0n) is 14.8. The third-order valence-corrected chi connectivity index (χ3v) is 7.04. The Balaban J connectivity index is 1.61. The van der Waals surface area contributed by atoms with Crippen LogP contribution in [-0.2, 0) is 10.0 Å². The first-order chi connectivity index (χ1) is 12.4. The minimum absolute atomic E-state index is 0.392. The number of sulfonamides is 1. The lowest BCUT2D eigenvalue weighted by Gasteiger charge is -2.19. The third kappa shape index (κ3) is 2.95. The fourth-order valence-electron chi connectivity index (χ4n) is 3.27. The quantitative estimate of drug-likeness (QED) is 0.700. The van der Waals surface area contributed by atoms with E-state index in [4.69, 9.17) is 0 Å². The van der Waals surface area contributed by atoms with Gasteiger partial charge in [0.15, 0.2) is 0 Å². The molecule has 0 amide bonds. The molecule has 2 aromatic heterocycles. The molecule has 26 heavy (non-hydrogen) atoms. The second-order valence-corrected chi connectivity index (χ2v) is 9.12. The smallest absolute Gasteiger partial charge is 0.218 e. The number of aromatic nitrogens is 3. The normalized spacial score (nSPS) is 18.1. The van der Waals surface area contributed by atoms with Gasteiger partial charge in [-0.25, -0.2) is 22.4 Å². The molecule has 136 valence electrons. The fraction of sp³-hybridized carbons (Fsp3) is 0.333. The summed E-state index contributed by atoms with van der Waals surface area (Å²) in [6.07, 6.45) is 4.36. The van der Waals surface area contributed by atoms with Gasteiger partial charge in [0.25, 0.3) is 0 Å². The van der Waals surface area contributed by atoms with Crippen molar-refractivity contribution in [3.05, 3.63) is 48.8 Å². The van der Waals surface area contributed by atoms with Crippen molar-refractivity contribution in [2.75, 3.05) is 32.1 Å². The molecular weight excluding hydrogens is 350 g/mol. The average molecular weight is 371 g/mol. The number of benzene rings is 1. The Morgan fingerprint density at radius 1 is 1.19 bits per heavy atom. The number of hydrogen-bond acceptors (Lipinski definition) is 5. The maximum absolute atomic E-state index is 12.3. The van der Waals surface area contributed by atoms with Gasteiger partial charge in [0.05, 0.1) is 16.5 Å².